The number of ether oxygens (including phenoxy) is 2. The maximum Gasteiger partial charge on any atom is 0.305 e. The van der Waals surface area contributed by atoms with Crippen LogP contribution < -0.4 is 14.8 Å². The summed E-state index contributed by atoms with van der Waals surface area (Å²) in [6, 6.07) is 9.40. The fraction of sp³-hybridized carbons (Fsp3) is 0.176. The molecule has 0 saturated carbocycles. The smallest absolute Gasteiger partial charge is 0.305 e. The second kappa shape index (κ2) is 6.57. The molecule has 0 spiro atoms. The zero-order valence-electron chi connectivity index (χ0n) is 12.5. The molecule has 1 atom stereocenters. The van der Waals surface area contributed by atoms with Crippen molar-refractivity contribution in [3.05, 3.63) is 59.4 Å². The first-order chi connectivity index (χ1) is 11.5. The maximum atomic E-state index is 13.1. The molecule has 2 aromatic carbocycles. The lowest BCUT2D eigenvalue weighted by Crippen LogP contribution is -2.30. The molecule has 2 aromatic rings. The van der Waals surface area contributed by atoms with E-state index in [1.165, 1.54) is 24.3 Å². The molecule has 0 fully saturated rings. The number of aliphatic carboxylic acids is 1. The minimum atomic E-state index is -1.08. The lowest BCUT2D eigenvalue weighted by molar-refractivity contribution is -0.137. The van der Waals surface area contributed by atoms with Crippen molar-refractivity contribution in [1.82, 2.24) is 5.32 Å². The summed E-state index contributed by atoms with van der Waals surface area (Å²) < 4.78 is 23.6. The third-order valence-electron chi connectivity index (χ3n) is 3.60. The minimum absolute atomic E-state index is 0.0240. The van der Waals surface area contributed by atoms with Crippen LogP contribution >= 0.6 is 0 Å². The first-order valence-electron chi connectivity index (χ1n) is 7.21. The summed E-state index contributed by atoms with van der Waals surface area (Å²) in [6.07, 6.45) is -0.330. The Labute approximate surface area is 136 Å². The van der Waals surface area contributed by atoms with Gasteiger partial charge in [-0.3, -0.25) is 9.59 Å². The number of benzene rings is 2. The summed E-state index contributed by atoms with van der Waals surface area (Å²) >= 11 is 0. The molecule has 2 N–H and O–H groups in total. The second-order valence-electron chi connectivity index (χ2n) is 5.21. The molecule has 0 aromatic heterocycles. The van der Waals surface area contributed by atoms with Gasteiger partial charge in [0.1, 0.15) is 5.82 Å². The number of carbonyl (C=O) groups is 2. The molecular weight excluding hydrogens is 317 g/mol. The SMILES string of the molecule is O=C(O)C[C@H](NC(=O)c1cccc2c1OCO2)c1ccc(F)cc1. The van der Waals surface area contributed by atoms with Gasteiger partial charge in [0.15, 0.2) is 11.5 Å². The quantitative estimate of drug-likeness (QED) is 0.879. The van der Waals surface area contributed by atoms with Gasteiger partial charge in [-0.1, -0.05) is 18.2 Å². The van der Waals surface area contributed by atoms with E-state index in [0.29, 0.717) is 17.1 Å². The molecule has 3 rings (SSSR count). The van der Waals surface area contributed by atoms with E-state index >= 15 is 0 Å². The van der Waals surface area contributed by atoms with Crippen LogP contribution in [0, 0.1) is 5.82 Å². The Morgan fingerprint density at radius 2 is 1.92 bits per heavy atom. The van der Waals surface area contributed by atoms with Crippen molar-refractivity contribution < 1.29 is 28.6 Å². The van der Waals surface area contributed by atoms with E-state index < -0.39 is 23.7 Å². The lowest BCUT2D eigenvalue weighted by Gasteiger charge is -2.18. The third-order valence-corrected chi connectivity index (χ3v) is 3.60. The number of carbonyl (C=O) groups excluding carboxylic acids is 1. The Morgan fingerprint density at radius 1 is 1.17 bits per heavy atom. The third kappa shape index (κ3) is 3.29. The average Bonchev–Trinajstić information content (AvgIpc) is 3.03. The standard InChI is InChI=1S/C17H14FNO5/c18-11-6-4-10(5-7-11)13(8-15(20)21)19-17(22)12-2-1-3-14-16(12)24-9-23-14/h1-7,13H,8-9H2,(H,19,22)(H,20,21)/t13-/m0/s1. The molecule has 0 aliphatic carbocycles. The van der Waals surface area contributed by atoms with Crippen LogP contribution in [0.1, 0.15) is 28.4 Å². The predicted molar refractivity (Wildman–Crippen MR) is 81.4 cm³/mol. The van der Waals surface area contributed by atoms with Crippen molar-refractivity contribution in [2.75, 3.05) is 6.79 Å². The molecule has 1 heterocycles. The van der Waals surface area contributed by atoms with Crippen LogP contribution in [-0.2, 0) is 4.79 Å². The van der Waals surface area contributed by atoms with Crippen molar-refractivity contribution in [2.45, 2.75) is 12.5 Å². The zero-order valence-corrected chi connectivity index (χ0v) is 12.5. The van der Waals surface area contributed by atoms with Crippen LogP contribution in [0.3, 0.4) is 0 Å². The summed E-state index contributed by atoms with van der Waals surface area (Å²) in [5, 5.41) is 11.7. The van der Waals surface area contributed by atoms with Crippen LogP contribution in [0.5, 0.6) is 11.5 Å². The van der Waals surface area contributed by atoms with Crippen LogP contribution in [-0.4, -0.2) is 23.8 Å². The Morgan fingerprint density at radius 3 is 2.62 bits per heavy atom. The molecule has 1 aliphatic rings. The van der Waals surface area contributed by atoms with Gasteiger partial charge in [-0.05, 0) is 29.8 Å². The molecular formula is C17H14FNO5. The number of hydrogen-bond acceptors (Lipinski definition) is 4. The van der Waals surface area contributed by atoms with Crippen molar-refractivity contribution in [1.29, 1.82) is 0 Å². The van der Waals surface area contributed by atoms with Crippen LogP contribution in [0.25, 0.3) is 0 Å². The number of para-hydroxylation sites is 1. The fourth-order valence-electron chi connectivity index (χ4n) is 2.47. The molecule has 0 saturated heterocycles. The maximum absolute atomic E-state index is 13.1. The van der Waals surface area contributed by atoms with E-state index in [-0.39, 0.29) is 18.8 Å². The highest BCUT2D eigenvalue weighted by molar-refractivity contribution is 5.98. The van der Waals surface area contributed by atoms with E-state index in [9.17, 15) is 14.0 Å². The topological polar surface area (TPSA) is 84.9 Å². The highest BCUT2D eigenvalue weighted by atomic mass is 19.1. The molecule has 7 heteroatoms. The van der Waals surface area contributed by atoms with Crippen LogP contribution in [0.2, 0.25) is 0 Å². The molecule has 0 radical (unpaired) electrons. The molecule has 0 unspecified atom stereocenters. The summed E-state index contributed by atoms with van der Waals surface area (Å²) in [7, 11) is 0. The summed E-state index contributed by atoms with van der Waals surface area (Å²) in [5.41, 5.74) is 0.749. The summed E-state index contributed by atoms with van der Waals surface area (Å²) in [6.45, 7) is 0.0240. The van der Waals surface area contributed by atoms with Crippen molar-refractivity contribution in [2.24, 2.45) is 0 Å². The first-order valence-corrected chi connectivity index (χ1v) is 7.21. The van der Waals surface area contributed by atoms with Gasteiger partial charge in [0, 0.05) is 0 Å². The van der Waals surface area contributed by atoms with Gasteiger partial charge in [0.05, 0.1) is 18.0 Å². The van der Waals surface area contributed by atoms with E-state index in [2.05, 4.69) is 5.32 Å². The van der Waals surface area contributed by atoms with Gasteiger partial charge in [-0.2, -0.15) is 0 Å². The summed E-state index contributed by atoms with van der Waals surface area (Å²) in [4.78, 5) is 23.6. The number of fused-ring (bicyclic) bond motifs is 1. The van der Waals surface area contributed by atoms with Gasteiger partial charge in [0.25, 0.3) is 5.91 Å². The van der Waals surface area contributed by atoms with E-state index in [1.807, 2.05) is 0 Å². The number of amides is 1. The number of hydrogen-bond donors (Lipinski definition) is 2. The van der Waals surface area contributed by atoms with Gasteiger partial charge in [0.2, 0.25) is 6.79 Å². The molecule has 1 amide bonds. The highest BCUT2D eigenvalue weighted by Gasteiger charge is 2.25. The number of rotatable bonds is 5. The van der Waals surface area contributed by atoms with Gasteiger partial charge < -0.3 is 19.9 Å². The summed E-state index contributed by atoms with van der Waals surface area (Å²) in [5.74, 6) is -1.23. The van der Waals surface area contributed by atoms with E-state index in [1.54, 1.807) is 18.2 Å². The molecule has 6 nitrogen and oxygen atoms in total. The zero-order chi connectivity index (χ0) is 17.1. The normalized spacial score (nSPS) is 13.4. The Kier molecular flexibility index (Phi) is 4.33. The van der Waals surface area contributed by atoms with E-state index in [0.717, 1.165) is 0 Å². The Balaban J connectivity index is 1.85. The molecule has 1 aliphatic heterocycles. The number of nitrogens with one attached hydrogen (secondary N) is 1. The largest absolute Gasteiger partial charge is 0.481 e. The Hall–Kier alpha value is -3.09. The molecule has 124 valence electrons. The van der Waals surface area contributed by atoms with E-state index in [4.69, 9.17) is 14.6 Å². The van der Waals surface area contributed by atoms with Gasteiger partial charge in [-0.25, -0.2) is 4.39 Å². The lowest BCUT2D eigenvalue weighted by atomic mass is 10.0. The number of halogens is 1. The van der Waals surface area contributed by atoms with Crippen molar-refractivity contribution in [3.8, 4) is 11.5 Å². The minimum Gasteiger partial charge on any atom is -0.481 e. The predicted octanol–water partition coefficient (Wildman–Crippen LogP) is 2.50. The van der Waals surface area contributed by atoms with Crippen molar-refractivity contribution in [3.63, 3.8) is 0 Å². The van der Waals surface area contributed by atoms with Crippen LogP contribution in [0.4, 0.5) is 4.39 Å². The first kappa shape index (κ1) is 15.8. The average molecular weight is 331 g/mol. The van der Waals surface area contributed by atoms with Crippen LogP contribution in [0.15, 0.2) is 42.5 Å². The van der Waals surface area contributed by atoms with Gasteiger partial charge >= 0.3 is 5.97 Å². The highest BCUT2D eigenvalue weighted by Crippen LogP contribution is 2.35. The molecule has 24 heavy (non-hydrogen) atoms. The number of carboxylic acids is 1. The second-order valence-corrected chi connectivity index (χ2v) is 5.21. The Bertz CT molecular complexity index is 775. The van der Waals surface area contributed by atoms with Crippen molar-refractivity contribution >= 4 is 11.9 Å². The fourth-order valence-corrected chi connectivity index (χ4v) is 2.47. The number of carboxylic acid groups (broad SMARTS) is 1. The molecule has 0 bridgehead atoms. The van der Waals surface area contributed by atoms with Gasteiger partial charge in [-0.15, -0.1) is 0 Å². The monoisotopic (exact) mass is 331 g/mol.